The number of aromatic nitrogens is 1. The number of hydrogen-bond donors (Lipinski definition) is 1. The third-order valence-corrected chi connectivity index (χ3v) is 3.24. The van der Waals surface area contributed by atoms with Crippen molar-refractivity contribution in [1.29, 1.82) is 0 Å². The summed E-state index contributed by atoms with van der Waals surface area (Å²) in [7, 11) is 2.01. The normalized spacial score (nSPS) is 11.7. The molecule has 2 rings (SSSR count). The number of anilines is 1. The molecule has 4 nitrogen and oxygen atoms in total. The van der Waals surface area contributed by atoms with Crippen molar-refractivity contribution in [3.05, 3.63) is 47.5 Å². The number of nitrogens with two attached hydrogens (primary N) is 1. The highest BCUT2D eigenvalue weighted by Gasteiger charge is 2.18. The summed E-state index contributed by atoms with van der Waals surface area (Å²) in [6.45, 7) is 7.69. The lowest BCUT2D eigenvalue weighted by Gasteiger charge is -2.23. The molecule has 2 heterocycles. The van der Waals surface area contributed by atoms with Crippen LogP contribution in [-0.2, 0) is 18.5 Å². The van der Waals surface area contributed by atoms with Crippen molar-refractivity contribution in [3.63, 3.8) is 0 Å². The molecule has 0 saturated heterocycles. The van der Waals surface area contributed by atoms with E-state index < -0.39 is 0 Å². The van der Waals surface area contributed by atoms with Crippen LogP contribution in [0, 0.1) is 0 Å². The molecule has 2 aromatic heterocycles. The van der Waals surface area contributed by atoms with Gasteiger partial charge in [-0.25, -0.2) is 4.98 Å². The Labute approximate surface area is 120 Å². The van der Waals surface area contributed by atoms with Crippen molar-refractivity contribution in [2.45, 2.75) is 39.3 Å². The van der Waals surface area contributed by atoms with Crippen molar-refractivity contribution in [2.24, 2.45) is 5.73 Å². The van der Waals surface area contributed by atoms with E-state index in [1.807, 2.05) is 25.2 Å². The Morgan fingerprint density at radius 3 is 2.60 bits per heavy atom. The number of furan rings is 1. The lowest BCUT2D eigenvalue weighted by molar-refractivity contribution is 0.506. The van der Waals surface area contributed by atoms with Crippen molar-refractivity contribution >= 4 is 5.82 Å². The van der Waals surface area contributed by atoms with Gasteiger partial charge in [-0.2, -0.15) is 0 Å². The molecule has 0 atom stereocenters. The van der Waals surface area contributed by atoms with Gasteiger partial charge in [-0.3, -0.25) is 0 Å². The SMILES string of the molecule is CN(Cc1ccco1)c1cc(CN)cc(C(C)(C)C)n1. The van der Waals surface area contributed by atoms with E-state index in [0.717, 1.165) is 22.8 Å². The van der Waals surface area contributed by atoms with Gasteiger partial charge < -0.3 is 15.1 Å². The molecule has 4 heteroatoms. The summed E-state index contributed by atoms with van der Waals surface area (Å²) < 4.78 is 5.39. The van der Waals surface area contributed by atoms with Crippen LogP contribution in [0.25, 0.3) is 0 Å². The van der Waals surface area contributed by atoms with Crippen molar-refractivity contribution in [3.8, 4) is 0 Å². The van der Waals surface area contributed by atoms with Gasteiger partial charge >= 0.3 is 0 Å². The van der Waals surface area contributed by atoms with Crippen LogP contribution < -0.4 is 10.6 Å². The molecule has 2 aromatic rings. The van der Waals surface area contributed by atoms with E-state index in [-0.39, 0.29) is 5.41 Å². The number of pyridine rings is 1. The van der Waals surface area contributed by atoms with Crippen LogP contribution in [0.1, 0.15) is 37.8 Å². The highest BCUT2D eigenvalue weighted by Crippen LogP contribution is 2.25. The Balaban J connectivity index is 2.30. The van der Waals surface area contributed by atoms with Gasteiger partial charge in [0.2, 0.25) is 0 Å². The molecule has 0 aliphatic carbocycles. The molecule has 0 fully saturated rings. The summed E-state index contributed by atoms with van der Waals surface area (Å²) in [5.41, 5.74) is 7.97. The molecule has 0 unspecified atom stereocenters. The summed E-state index contributed by atoms with van der Waals surface area (Å²) in [4.78, 5) is 6.84. The maximum absolute atomic E-state index is 5.80. The van der Waals surface area contributed by atoms with Crippen molar-refractivity contribution < 1.29 is 4.42 Å². The molecule has 0 aromatic carbocycles. The summed E-state index contributed by atoms with van der Waals surface area (Å²) in [5, 5.41) is 0. The first-order valence-corrected chi connectivity index (χ1v) is 6.85. The van der Waals surface area contributed by atoms with E-state index in [1.54, 1.807) is 6.26 Å². The lowest BCUT2D eigenvalue weighted by atomic mass is 9.90. The van der Waals surface area contributed by atoms with Crippen LogP contribution in [0.15, 0.2) is 34.9 Å². The molecule has 0 saturated carbocycles. The fourth-order valence-electron chi connectivity index (χ4n) is 1.99. The first-order chi connectivity index (χ1) is 9.40. The number of hydrogen-bond acceptors (Lipinski definition) is 4. The fraction of sp³-hybridized carbons (Fsp3) is 0.438. The summed E-state index contributed by atoms with van der Waals surface area (Å²) in [6, 6.07) is 7.99. The lowest BCUT2D eigenvalue weighted by Crippen LogP contribution is -2.21. The maximum Gasteiger partial charge on any atom is 0.129 e. The van der Waals surface area contributed by atoms with Gasteiger partial charge in [0.15, 0.2) is 0 Å². The van der Waals surface area contributed by atoms with E-state index >= 15 is 0 Å². The molecule has 0 bridgehead atoms. The average molecular weight is 273 g/mol. The molecular weight excluding hydrogens is 250 g/mol. The van der Waals surface area contributed by atoms with Gasteiger partial charge in [0.1, 0.15) is 11.6 Å². The zero-order valence-corrected chi connectivity index (χ0v) is 12.7. The smallest absolute Gasteiger partial charge is 0.129 e. The van der Waals surface area contributed by atoms with Gasteiger partial charge in [-0.15, -0.1) is 0 Å². The van der Waals surface area contributed by atoms with E-state index in [1.165, 1.54) is 0 Å². The zero-order valence-electron chi connectivity index (χ0n) is 12.7. The molecule has 20 heavy (non-hydrogen) atoms. The molecular formula is C16H23N3O. The van der Waals surface area contributed by atoms with Gasteiger partial charge in [0.25, 0.3) is 0 Å². The monoisotopic (exact) mass is 273 g/mol. The molecule has 0 aliphatic rings. The molecule has 0 aliphatic heterocycles. The minimum Gasteiger partial charge on any atom is -0.467 e. The predicted molar refractivity (Wildman–Crippen MR) is 81.6 cm³/mol. The third kappa shape index (κ3) is 3.39. The second kappa shape index (κ2) is 5.67. The van der Waals surface area contributed by atoms with E-state index in [9.17, 15) is 0 Å². The van der Waals surface area contributed by atoms with Gasteiger partial charge in [-0.1, -0.05) is 20.8 Å². The second-order valence-electron chi connectivity index (χ2n) is 6.11. The molecule has 2 N–H and O–H groups in total. The highest BCUT2D eigenvalue weighted by molar-refractivity contribution is 5.43. The van der Waals surface area contributed by atoms with E-state index in [4.69, 9.17) is 15.1 Å². The van der Waals surface area contributed by atoms with Gasteiger partial charge in [0, 0.05) is 24.7 Å². The largest absolute Gasteiger partial charge is 0.467 e. The zero-order chi connectivity index (χ0) is 14.8. The summed E-state index contributed by atoms with van der Waals surface area (Å²) >= 11 is 0. The van der Waals surface area contributed by atoms with E-state index in [2.05, 4.69) is 31.7 Å². The Bertz CT molecular complexity index is 556. The fourth-order valence-corrected chi connectivity index (χ4v) is 1.99. The maximum atomic E-state index is 5.80. The molecule has 0 spiro atoms. The predicted octanol–water partition coefficient (Wildman–Crippen LogP) is 3.07. The quantitative estimate of drug-likeness (QED) is 0.930. The first-order valence-electron chi connectivity index (χ1n) is 6.85. The van der Waals surface area contributed by atoms with Crippen LogP contribution in [0.2, 0.25) is 0 Å². The number of rotatable bonds is 4. The van der Waals surface area contributed by atoms with Crippen LogP contribution in [0.5, 0.6) is 0 Å². The van der Waals surface area contributed by atoms with E-state index in [0.29, 0.717) is 13.1 Å². The van der Waals surface area contributed by atoms with Crippen LogP contribution in [-0.4, -0.2) is 12.0 Å². The Morgan fingerprint density at radius 2 is 2.05 bits per heavy atom. The minimum absolute atomic E-state index is 0.00541. The van der Waals surface area contributed by atoms with Gasteiger partial charge in [0.05, 0.1) is 12.8 Å². The van der Waals surface area contributed by atoms with Crippen molar-refractivity contribution in [2.75, 3.05) is 11.9 Å². The Kier molecular flexibility index (Phi) is 4.14. The standard InChI is InChI=1S/C16H23N3O/c1-16(2,3)14-8-12(10-17)9-15(18-14)19(4)11-13-6-5-7-20-13/h5-9H,10-11,17H2,1-4H3. The Hall–Kier alpha value is -1.81. The van der Waals surface area contributed by atoms with Crippen molar-refractivity contribution in [1.82, 2.24) is 4.98 Å². The number of nitrogens with zero attached hydrogens (tertiary/aromatic N) is 2. The summed E-state index contributed by atoms with van der Waals surface area (Å²) in [5.74, 6) is 1.85. The summed E-state index contributed by atoms with van der Waals surface area (Å²) in [6.07, 6.45) is 1.69. The minimum atomic E-state index is 0.00541. The Morgan fingerprint density at radius 1 is 1.30 bits per heavy atom. The van der Waals surface area contributed by atoms with Crippen LogP contribution in [0.4, 0.5) is 5.82 Å². The van der Waals surface area contributed by atoms with Crippen LogP contribution >= 0.6 is 0 Å². The van der Waals surface area contributed by atoms with Crippen LogP contribution in [0.3, 0.4) is 0 Å². The van der Waals surface area contributed by atoms with Gasteiger partial charge in [-0.05, 0) is 29.8 Å². The molecule has 0 amide bonds. The molecule has 108 valence electrons. The average Bonchev–Trinajstić information content (AvgIpc) is 2.90. The third-order valence-electron chi connectivity index (χ3n) is 3.24. The highest BCUT2D eigenvalue weighted by atomic mass is 16.3. The molecule has 0 radical (unpaired) electrons. The topological polar surface area (TPSA) is 55.3 Å². The second-order valence-corrected chi connectivity index (χ2v) is 6.11. The first kappa shape index (κ1) is 14.6.